The predicted octanol–water partition coefficient (Wildman–Crippen LogP) is 4.20. The lowest BCUT2D eigenvalue weighted by atomic mass is 9.86. The first kappa shape index (κ1) is 16.7. The quantitative estimate of drug-likeness (QED) is 0.829. The monoisotopic (exact) mass is 323 g/mol. The maximum atomic E-state index is 12.8. The molecule has 0 radical (unpaired) electrons. The topological polar surface area (TPSA) is 29.5 Å². The van der Waals surface area contributed by atoms with Crippen LogP contribution in [0.2, 0.25) is 0 Å². The van der Waals surface area contributed by atoms with E-state index >= 15 is 0 Å². The Morgan fingerprint density at radius 2 is 1.71 bits per heavy atom. The molecule has 24 heavy (non-hydrogen) atoms. The molecule has 1 unspecified atom stereocenters. The summed E-state index contributed by atoms with van der Waals surface area (Å²) in [6.07, 6.45) is -0.0438. The van der Waals surface area contributed by atoms with Crippen molar-refractivity contribution in [1.29, 1.82) is 0 Å². The Morgan fingerprint density at radius 3 is 2.33 bits per heavy atom. The Kier molecular flexibility index (Phi) is 4.72. The number of hydrogen-bond acceptors (Lipinski definition) is 2. The van der Waals surface area contributed by atoms with Gasteiger partial charge in [0.05, 0.1) is 13.2 Å². The Labute approximate surface area is 144 Å². The third kappa shape index (κ3) is 3.68. The van der Waals surface area contributed by atoms with Crippen molar-refractivity contribution in [1.82, 2.24) is 4.90 Å². The van der Waals surface area contributed by atoms with Gasteiger partial charge in [-0.2, -0.15) is 0 Å². The van der Waals surface area contributed by atoms with Gasteiger partial charge in [0, 0.05) is 12.1 Å². The summed E-state index contributed by atoms with van der Waals surface area (Å²) in [4.78, 5) is 14.7. The molecule has 0 spiro atoms. The van der Waals surface area contributed by atoms with Gasteiger partial charge in [0.2, 0.25) is 0 Å². The second-order valence-electron chi connectivity index (χ2n) is 7.35. The molecule has 2 aromatic rings. The summed E-state index contributed by atoms with van der Waals surface area (Å²) in [6.45, 7) is 8.35. The molecular weight excluding hydrogens is 298 g/mol. The normalized spacial score (nSPS) is 18.5. The van der Waals surface area contributed by atoms with Gasteiger partial charge in [0.1, 0.15) is 6.10 Å². The van der Waals surface area contributed by atoms with Crippen LogP contribution >= 0.6 is 0 Å². The summed E-state index contributed by atoms with van der Waals surface area (Å²) in [5.41, 5.74) is 3.21. The van der Waals surface area contributed by atoms with Crippen LogP contribution in [0, 0.1) is 0 Å². The van der Waals surface area contributed by atoms with Gasteiger partial charge in [-0.15, -0.1) is 0 Å². The van der Waals surface area contributed by atoms with E-state index in [0.717, 1.165) is 11.1 Å². The molecular formula is C21H25NO2. The largest absolute Gasteiger partial charge is 0.370 e. The lowest BCUT2D eigenvalue weighted by Crippen LogP contribution is -2.42. The van der Waals surface area contributed by atoms with Crippen LogP contribution in [0.3, 0.4) is 0 Å². The number of carbonyl (C=O) groups is 1. The number of morpholine rings is 1. The zero-order chi connectivity index (χ0) is 17.2. The number of nitrogens with zero attached hydrogens (tertiary/aromatic N) is 1. The van der Waals surface area contributed by atoms with Gasteiger partial charge in [-0.25, -0.2) is 0 Å². The first-order valence-electron chi connectivity index (χ1n) is 8.51. The van der Waals surface area contributed by atoms with Crippen LogP contribution in [-0.2, 0) is 10.2 Å². The summed E-state index contributed by atoms with van der Waals surface area (Å²) < 4.78 is 5.85. The maximum absolute atomic E-state index is 12.8. The average Bonchev–Trinajstić information content (AvgIpc) is 2.61. The van der Waals surface area contributed by atoms with Crippen LogP contribution in [0.5, 0.6) is 0 Å². The predicted molar refractivity (Wildman–Crippen MR) is 96.2 cm³/mol. The molecule has 0 N–H and O–H groups in total. The molecule has 0 bridgehead atoms. The Balaban J connectivity index is 1.73. The molecule has 0 aliphatic carbocycles. The highest BCUT2D eigenvalue weighted by Gasteiger charge is 2.26. The Bertz CT molecular complexity index is 686. The van der Waals surface area contributed by atoms with E-state index in [1.165, 1.54) is 5.56 Å². The number of amides is 1. The summed E-state index contributed by atoms with van der Waals surface area (Å²) in [5, 5.41) is 0. The minimum atomic E-state index is -0.0438. The lowest BCUT2D eigenvalue weighted by molar-refractivity contribution is -0.0228. The van der Waals surface area contributed by atoms with E-state index in [4.69, 9.17) is 4.74 Å². The number of benzene rings is 2. The van der Waals surface area contributed by atoms with Crippen molar-refractivity contribution in [3.05, 3.63) is 71.3 Å². The van der Waals surface area contributed by atoms with Gasteiger partial charge in [0.15, 0.2) is 0 Å². The highest BCUT2D eigenvalue weighted by molar-refractivity contribution is 5.94. The summed E-state index contributed by atoms with van der Waals surface area (Å²) >= 11 is 0. The minimum absolute atomic E-state index is 0.0438. The number of hydrogen-bond donors (Lipinski definition) is 0. The van der Waals surface area contributed by atoms with E-state index in [2.05, 4.69) is 45.0 Å². The van der Waals surface area contributed by atoms with Crippen LogP contribution in [0.25, 0.3) is 0 Å². The summed E-state index contributed by atoms with van der Waals surface area (Å²) in [5.74, 6) is 0.0830. The molecule has 1 fully saturated rings. The van der Waals surface area contributed by atoms with Gasteiger partial charge in [-0.3, -0.25) is 4.79 Å². The average molecular weight is 323 g/mol. The van der Waals surface area contributed by atoms with Crippen molar-refractivity contribution in [2.24, 2.45) is 0 Å². The fraction of sp³-hybridized carbons (Fsp3) is 0.381. The van der Waals surface area contributed by atoms with E-state index in [1.54, 1.807) is 0 Å². The van der Waals surface area contributed by atoms with E-state index in [0.29, 0.717) is 19.7 Å². The molecule has 1 amide bonds. The molecule has 1 saturated heterocycles. The fourth-order valence-corrected chi connectivity index (χ4v) is 3.00. The first-order valence-corrected chi connectivity index (χ1v) is 8.51. The van der Waals surface area contributed by atoms with Crippen molar-refractivity contribution in [2.45, 2.75) is 32.3 Å². The fourth-order valence-electron chi connectivity index (χ4n) is 3.00. The summed E-state index contributed by atoms with van der Waals surface area (Å²) in [7, 11) is 0. The molecule has 1 aliphatic heterocycles. The Hall–Kier alpha value is -2.13. The molecule has 2 aromatic carbocycles. The Morgan fingerprint density at radius 1 is 1.04 bits per heavy atom. The van der Waals surface area contributed by atoms with Gasteiger partial charge in [-0.05, 0) is 28.7 Å². The number of ether oxygens (including phenoxy) is 1. The van der Waals surface area contributed by atoms with Crippen LogP contribution in [0.4, 0.5) is 0 Å². The number of rotatable bonds is 2. The SMILES string of the molecule is CC(C)(C)c1ccc(C(=O)N2CCOC(c3ccccc3)C2)cc1. The molecule has 3 rings (SSSR count). The van der Waals surface area contributed by atoms with Crippen LogP contribution in [0.15, 0.2) is 54.6 Å². The molecule has 126 valence electrons. The third-order valence-electron chi connectivity index (χ3n) is 4.52. The second-order valence-corrected chi connectivity index (χ2v) is 7.35. The first-order chi connectivity index (χ1) is 11.4. The molecule has 1 aliphatic rings. The molecule has 0 aromatic heterocycles. The minimum Gasteiger partial charge on any atom is -0.370 e. The zero-order valence-electron chi connectivity index (χ0n) is 14.7. The highest BCUT2D eigenvalue weighted by Crippen LogP contribution is 2.25. The van der Waals surface area contributed by atoms with Gasteiger partial charge in [-0.1, -0.05) is 63.2 Å². The van der Waals surface area contributed by atoms with Crippen molar-refractivity contribution >= 4 is 5.91 Å². The molecule has 1 atom stereocenters. The van der Waals surface area contributed by atoms with E-state index in [1.807, 2.05) is 35.2 Å². The lowest BCUT2D eigenvalue weighted by Gasteiger charge is -2.33. The third-order valence-corrected chi connectivity index (χ3v) is 4.52. The van der Waals surface area contributed by atoms with Crippen molar-refractivity contribution in [3.8, 4) is 0 Å². The van der Waals surface area contributed by atoms with Crippen molar-refractivity contribution < 1.29 is 9.53 Å². The van der Waals surface area contributed by atoms with Crippen LogP contribution < -0.4 is 0 Å². The van der Waals surface area contributed by atoms with E-state index in [9.17, 15) is 4.79 Å². The maximum Gasteiger partial charge on any atom is 0.254 e. The van der Waals surface area contributed by atoms with E-state index < -0.39 is 0 Å². The molecule has 0 saturated carbocycles. The van der Waals surface area contributed by atoms with E-state index in [-0.39, 0.29) is 17.4 Å². The molecule has 1 heterocycles. The zero-order valence-corrected chi connectivity index (χ0v) is 14.7. The van der Waals surface area contributed by atoms with Gasteiger partial charge < -0.3 is 9.64 Å². The van der Waals surface area contributed by atoms with Gasteiger partial charge in [0.25, 0.3) is 5.91 Å². The second kappa shape index (κ2) is 6.78. The smallest absolute Gasteiger partial charge is 0.254 e. The highest BCUT2D eigenvalue weighted by atomic mass is 16.5. The standard InChI is InChI=1S/C21H25NO2/c1-21(2,3)18-11-9-17(10-12-18)20(23)22-13-14-24-19(15-22)16-7-5-4-6-8-16/h4-12,19H,13-15H2,1-3H3. The van der Waals surface area contributed by atoms with Crippen LogP contribution in [-0.4, -0.2) is 30.5 Å². The van der Waals surface area contributed by atoms with Gasteiger partial charge >= 0.3 is 0 Å². The molecule has 3 nitrogen and oxygen atoms in total. The van der Waals surface area contributed by atoms with Crippen molar-refractivity contribution in [3.63, 3.8) is 0 Å². The van der Waals surface area contributed by atoms with Crippen molar-refractivity contribution in [2.75, 3.05) is 19.7 Å². The summed E-state index contributed by atoms with van der Waals surface area (Å²) in [6, 6.07) is 18.1. The number of carbonyl (C=O) groups excluding carboxylic acids is 1. The molecule has 3 heteroatoms. The van der Waals surface area contributed by atoms with Crippen LogP contribution in [0.1, 0.15) is 48.4 Å².